The van der Waals surface area contributed by atoms with Gasteiger partial charge in [0.2, 0.25) is 0 Å². The number of likely N-dealkylation sites (N-methyl/N-ethyl adjacent to an activating group) is 2. The molecule has 0 rings (SSSR count). The van der Waals surface area contributed by atoms with Crippen LogP contribution in [0.2, 0.25) is 0 Å². The first-order chi connectivity index (χ1) is 10.5. The summed E-state index contributed by atoms with van der Waals surface area (Å²) in [6.07, 6.45) is 0. The molecular weight excluding hydrogens is 284 g/mol. The number of carbonyl (C=O) groups is 2. The maximum atomic E-state index is 11.7. The first-order valence-corrected chi connectivity index (χ1v) is 8.22. The maximum absolute atomic E-state index is 11.7. The molecule has 0 heterocycles. The highest BCUT2D eigenvalue weighted by atomic mass is 16.5. The van der Waals surface area contributed by atoms with Crippen LogP contribution in [0.5, 0.6) is 0 Å². The van der Waals surface area contributed by atoms with Crippen molar-refractivity contribution in [1.29, 1.82) is 0 Å². The molecule has 0 N–H and O–H groups in total. The molecule has 0 aromatic rings. The lowest BCUT2D eigenvalue weighted by molar-refractivity contribution is -0.149. The summed E-state index contributed by atoms with van der Waals surface area (Å²) in [5.41, 5.74) is 0. The summed E-state index contributed by atoms with van der Waals surface area (Å²) in [7, 11) is 0. The average molecular weight is 316 g/mol. The molecule has 0 saturated heterocycles. The SMILES string of the molecule is CCN(CC)CC(=O)OCC(C)COC(=O)CN(CC)CC. The Kier molecular flexibility index (Phi) is 11.8. The van der Waals surface area contributed by atoms with Gasteiger partial charge in [-0.15, -0.1) is 0 Å². The summed E-state index contributed by atoms with van der Waals surface area (Å²) >= 11 is 0. The summed E-state index contributed by atoms with van der Waals surface area (Å²) in [6, 6.07) is 0. The Bertz CT molecular complexity index is 285. The lowest BCUT2D eigenvalue weighted by atomic mass is 10.2. The van der Waals surface area contributed by atoms with Gasteiger partial charge in [-0.05, 0) is 26.2 Å². The van der Waals surface area contributed by atoms with E-state index < -0.39 is 0 Å². The van der Waals surface area contributed by atoms with Crippen molar-refractivity contribution in [3.8, 4) is 0 Å². The number of hydrogen-bond donors (Lipinski definition) is 0. The molecule has 0 fully saturated rings. The molecule has 0 bridgehead atoms. The predicted octanol–water partition coefficient (Wildman–Crippen LogP) is 1.39. The van der Waals surface area contributed by atoms with Crippen molar-refractivity contribution in [2.45, 2.75) is 34.6 Å². The van der Waals surface area contributed by atoms with Crippen molar-refractivity contribution in [2.24, 2.45) is 5.92 Å². The minimum Gasteiger partial charge on any atom is -0.464 e. The van der Waals surface area contributed by atoms with E-state index >= 15 is 0 Å². The van der Waals surface area contributed by atoms with Gasteiger partial charge in [0, 0.05) is 5.92 Å². The van der Waals surface area contributed by atoms with Gasteiger partial charge in [-0.2, -0.15) is 0 Å². The van der Waals surface area contributed by atoms with Crippen molar-refractivity contribution >= 4 is 11.9 Å². The van der Waals surface area contributed by atoms with Gasteiger partial charge < -0.3 is 9.47 Å². The summed E-state index contributed by atoms with van der Waals surface area (Å²) < 4.78 is 10.4. The highest BCUT2D eigenvalue weighted by Gasteiger charge is 2.13. The van der Waals surface area contributed by atoms with E-state index in [-0.39, 0.29) is 31.1 Å². The van der Waals surface area contributed by atoms with Crippen molar-refractivity contribution in [2.75, 3.05) is 52.5 Å². The largest absolute Gasteiger partial charge is 0.464 e. The summed E-state index contributed by atoms with van der Waals surface area (Å²) in [5.74, 6) is -0.462. The number of rotatable bonds is 12. The molecule has 6 nitrogen and oxygen atoms in total. The van der Waals surface area contributed by atoms with Crippen LogP contribution in [0.1, 0.15) is 34.6 Å². The molecule has 0 spiro atoms. The highest BCUT2D eigenvalue weighted by Crippen LogP contribution is 2.00. The summed E-state index contributed by atoms with van der Waals surface area (Å²) in [6.45, 7) is 14.4. The monoisotopic (exact) mass is 316 g/mol. The fourth-order valence-corrected chi connectivity index (χ4v) is 1.87. The molecule has 0 aliphatic rings. The third-order valence-corrected chi connectivity index (χ3v) is 3.55. The summed E-state index contributed by atoms with van der Waals surface area (Å²) in [4.78, 5) is 27.3. The minimum atomic E-state index is -0.231. The van der Waals surface area contributed by atoms with Gasteiger partial charge in [0.25, 0.3) is 0 Å². The van der Waals surface area contributed by atoms with E-state index in [9.17, 15) is 9.59 Å². The molecule has 6 heteroatoms. The molecule has 22 heavy (non-hydrogen) atoms. The molecule has 0 unspecified atom stereocenters. The van der Waals surface area contributed by atoms with Crippen LogP contribution in [-0.4, -0.2) is 74.2 Å². The van der Waals surface area contributed by atoms with Gasteiger partial charge >= 0.3 is 11.9 Å². The van der Waals surface area contributed by atoms with Crippen LogP contribution in [0, 0.1) is 5.92 Å². The zero-order valence-corrected chi connectivity index (χ0v) is 14.8. The fourth-order valence-electron chi connectivity index (χ4n) is 1.87. The van der Waals surface area contributed by atoms with Crippen LogP contribution < -0.4 is 0 Å². The van der Waals surface area contributed by atoms with E-state index in [1.165, 1.54) is 0 Å². The highest BCUT2D eigenvalue weighted by molar-refractivity contribution is 5.72. The Labute approximate surface area is 134 Å². The number of hydrogen-bond acceptors (Lipinski definition) is 6. The van der Waals surface area contributed by atoms with E-state index in [4.69, 9.17) is 9.47 Å². The van der Waals surface area contributed by atoms with Crippen molar-refractivity contribution in [3.63, 3.8) is 0 Å². The van der Waals surface area contributed by atoms with Gasteiger partial charge in [0.1, 0.15) is 0 Å². The standard InChI is InChI=1S/C16H32N2O4/c1-6-17(7-2)10-15(19)21-12-14(5)13-22-16(20)11-18(8-3)9-4/h14H,6-13H2,1-5H3. The Balaban J connectivity index is 3.87. The number of carbonyl (C=O) groups excluding carboxylic acids is 2. The fraction of sp³-hybridized carbons (Fsp3) is 0.875. The van der Waals surface area contributed by atoms with Gasteiger partial charge in [-0.25, -0.2) is 0 Å². The third kappa shape index (κ3) is 9.73. The quantitative estimate of drug-likeness (QED) is 0.507. The van der Waals surface area contributed by atoms with Gasteiger partial charge in [-0.3, -0.25) is 19.4 Å². The second-order valence-corrected chi connectivity index (χ2v) is 5.39. The molecule has 0 aliphatic carbocycles. The predicted molar refractivity (Wildman–Crippen MR) is 86.7 cm³/mol. The molecule has 0 aromatic carbocycles. The lowest BCUT2D eigenvalue weighted by Crippen LogP contribution is -2.32. The van der Waals surface area contributed by atoms with Crippen LogP contribution in [-0.2, 0) is 19.1 Å². The van der Waals surface area contributed by atoms with Crippen molar-refractivity contribution in [1.82, 2.24) is 9.80 Å². The normalized spacial score (nSPS) is 11.3. The van der Waals surface area contributed by atoms with Crippen molar-refractivity contribution < 1.29 is 19.1 Å². The van der Waals surface area contributed by atoms with E-state index in [0.29, 0.717) is 13.1 Å². The number of ether oxygens (including phenoxy) is 2. The Morgan fingerprint density at radius 2 is 1.09 bits per heavy atom. The molecule has 0 saturated carbocycles. The van der Waals surface area contributed by atoms with Gasteiger partial charge in [0.05, 0.1) is 26.3 Å². The van der Waals surface area contributed by atoms with Crippen molar-refractivity contribution in [3.05, 3.63) is 0 Å². The third-order valence-electron chi connectivity index (χ3n) is 3.55. The van der Waals surface area contributed by atoms with E-state index in [0.717, 1.165) is 26.2 Å². The zero-order chi connectivity index (χ0) is 17.0. The Morgan fingerprint density at radius 3 is 1.36 bits per heavy atom. The molecule has 0 amide bonds. The Hall–Kier alpha value is -1.14. The number of esters is 2. The first kappa shape index (κ1) is 20.9. The molecule has 0 atom stereocenters. The molecule has 0 radical (unpaired) electrons. The second-order valence-electron chi connectivity index (χ2n) is 5.39. The van der Waals surface area contributed by atoms with Gasteiger partial charge in [-0.1, -0.05) is 34.6 Å². The molecular formula is C16H32N2O4. The number of nitrogens with zero attached hydrogens (tertiary/aromatic N) is 2. The second kappa shape index (κ2) is 12.4. The summed E-state index contributed by atoms with van der Waals surface area (Å²) in [5, 5.41) is 0. The van der Waals surface area contributed by atoms with Crippen LogP contribution in [0.4, 0.5) is 0 Å². The molecule has 130 valence electrons. The first-order valence-electron chi connectivity index (χ1n) is 8.22. The lowest BCUT2D eigenvalue weighted by Gasteiger charge is -2.19. The topological polar surface area (TPSA) is 59.1 Å². The van der Waals surface area contributed by atoms with Crippen LogP contribution >= 0.6 is 0 Å². The average Bonchev–Trinajstić information content (AvgIpc) is 2.53. The van der Waals surface area contributed by atoms with E-state index in [1.54, 1.807) is 0 Å². The minimum absolute atomic E-state index is 0.00121. The smallest absolute Gasteiger partial charge is 0.320 e. The Morgan fingerprint density at radius 1 is 0.773 bits per heavy atom. The molecule has 0 aromatic heterocycles. The van der Waals surface area contributed by atoms with Crippen LogP contribution in [0.3, 0.4) is 0 Å². The molecule has 0 aliphatic heterocycles. The van der Waals surface area contributed by atoms with Crippen LogP contribution in [0.15, 0.2) is 0 Å². The van der Waals surface area contributed by atoms with Gasteiger partial charge in [0.15, 0.2) is 0 Å². The zero-order valence-electron chi connectivity index (χ0n) is 14.8. The van der Waals surface area contributed by atoms with E-state index in [1.807, 2.05) is 44.4 Å². The van der Waals surface area contributed by atoms with Crippen LogP contribution in [0.25, 0.3) is 0 Å². The van der Waals surface area contributed by atoms with E-state index in [2.05, 4.69) is 0 Å². The maximum Gasteiger partial charge on any atom is 0.320 e.